The summed E-state index contributed by atoms with van der Waals surface area (Å²) < 4.78 is 53.7. The number of alkyl halides is 1. The standard InChI is InChI=1S/C27H27F3N4O4/c1-26(2,3)38-25(36)34(15-27(13-17(28)14-27)23-20(30)6-5-11-31-23)22-10-9-21(32-33-22)18-12-16(24(35)37-4)7-8-19(18)29/h5-12,17H,13-15H2,1-4H3/t17-,27-. The van der Waals surface area contributed by atoms with Crippen molar-refractivity contribution in [3.05, 3.63) is 71.6 Å². The number of rotatable bonds is 6. The summed E-state index contributed by atoms with van der Waals surface area (Å²) in [6, 6.07) is 9.19. The molecule has 1 amide bonds. The molecule has 2 aromatic heterocycles. The largest absolute Gasteiger partial charge is 0.465 e. The highest BCUT2D eigenvalue weighted by molar-refractivity contribution is 5.91. The second-order valence-electron chi connectivity index (χ2n) is 10.1. The highest BCUT2D eigenvalue weighted by Gasteiger charge is 2.51. The molecule has 38 heavy (non-hydrogen) atoms. The van der Waals surface area contributed by atoms with Crippen molar-refractivity contribution in [1.82, 2.24) is 15.2 Å². The monoisotopic (exact) mass is 528 g/mol. The molecular formula is C27H27F3N4O4. The van der Waals surface area contributed by atoms with E-state index in [0.29, 0.717) is 0 Å². The Balaban J connectivity index is 1.71. The van der Waals surface area contributed by atoms with Crippen LogP contribution in [0.25, 0.3) is 11.3 Å². The van der Waals surface area contributed by atoms with E-state index in [0.717, 1.165) is 11.0 Å². The highest BCUT2D eigenvalue weighted by Crippen LogP contribution is 2.46. The number of carbonyl (C=O) groups is 2. The van der Waals surface area contributed by atoms with E-state index in [1.165, 1.54) is 49.7 Å². The Kier molecular flexibility index (Phi) is 7.39. The van der Waals surface area contributed by atoms with Gasteiger partial charge in [0.2, 0.25) is 0 Å². The second-order valence-corrected chi connectivity index (χ2v) is 10.1. The number of pyridine rings is 1. The van der Waals surface area contributed by atoms with Gasteiger partial charge in [0, 0.05) is 23.7 Å². The maximum absolute atomic E-state index is 14.7. The molecule has 0 radical (unpaired) electrons. The first-order chi connectivity index (χ1) is 17.9. The zero-order valence-corrected chi connectivity index (χ0v) is 21.4. The van der Waals surface area contributed by atoms with Gasteiger partial charge in [0.15, 0.2) is 5.82 Å². The Morgan fingerprint density at radius 2 is 1.82 bits per heavy atom. The molecule has 11 heteroatoms. The number of ether oxygens (including phenoxy) is 2. The summed E-state index contributed by atoms with van der Waals surface area (Å²) in [6.45, 7) is 4.88. The molecule has 1 aliphatic carbocycles. The van der Waals surface area contributed by atoms with Crippen LogP contribution in [0, 0.1) is 11.6 Å². The molecule has 1 fully saturated rings. The van der Waals surface area contributed by atoms with Gasteiger partial charge in [-0.05, 0) is 76.1 Å². The number of halogens is 3. The van der Waals surface area contributed by atoms with Gasteiger partial charge in [-0.1, -0.05) is 0 Å². The number of hydrogen-bond donors (Lipinski definition) is 0. The van der Waals surface area contributed by atoms with Crippen LogP contribution in [-0.2, 0) is 14.9 Å². The van der Waals surface area contributed by atoms with Crippen molar-refractivity contribution >= 4 is 17.9 Å². The average Bonchev–Trinajstić information content (AvgIpc) is 2.85. The van der Waals surface area contributed by atoms with E-state index < -0.39 is 40.9 Å². The Labute approximate surface area is 217 Å². The van der Waals surface area contributed by atoms with Crippen LogP contribution in [0.4, 0.5) is 23.8 Å². The molecule has 2 heterocycles. The lowest BCUT2D eigenvalue weighted by Gasteiger charge is -2.46. The summed E-state index contributed by atoms with van der Waals surface area (Å²) in [5, 5.41) is 8.16. The van der Waals surface area contributed by atoms with E-state index >= 15 is 0 Å². The fourth-order valence-electron chi connectivity index (χ4n) is 4.40. The van der Waals surface area contributed by atoms with Crippen LogP contribution in [0.2, 0.25) is 0 Å². The summed E-state index contributed by atoms with van der Waals surface area (Å²) in [5.41, 5.74) is -1.71. The SMILES string of the molecule is COC(=O)c1ccc(F)c(-c2ccc(N(C[C@]3(c4ncccc4F)C[C@H](F)C3)C(=O)OC(C)(C)C)nn2)c1. The van der Waals surface area contributed by atoms with Gasteiger partial charge in [-0.15, -0.1) is 10.2 Å². The number of amides is 1. The van der Waals surface area contributed by atoms with Crippen molar-refractivity contribution in [3.63, 3.8) is 0 Å². The van der Waals surface area contributed by atoms with Gasteiger partial charge in [-0.2, -0.15) is 0 Å². The third kappa shape index (κ3) is 5.61. The highest BCUT2D eigenvalue weighted by atomic mass is 19.1. The van der Waals surface area contributed by atoms with Crippen LogP contribution in [0.3, 0.4) is 0 Å². The number of carbonyl (C=O) groups excluding carboxylic acids is 2. The molecule has 1 aromatic carbocycles. The van der Waals surface area contributed by atoms with Crippen LogP contribution in [0.5, 0.6) is 0 Å². The van der Waals surface area contributed by atoms with E-state index in [4.69, 9.17) is 4.74 Å². The quantitative estimate of drug-likeness (QED) is 0.395. The van der Waals surface area contributed by atoms with E-state index in [-0.39, 0.29) is 47.7 Å². The first-order valence-corrected chi connectivity index (χ1v) is 11.9. The average molecular weight is 529 g/mol. The van der Waals surface area contributed by atoms with Crippen LogP contribution in [-0.4, -0.2) is 52.7 Å². The number of nitrogens with zero attached hydrogens (tertiary/aromatic N) is 4. The predicted molar refractivity (Wildman–Crippen MR) is 132 cm³/mol. The maximum atomic E-state index is 14.7. The maximum Gasteiger partial charge on any atom is 0.416 e. The Bertz CT molecular complexity index is 1340. The molecule has 200 valence electrons. The van der Waals surface area contributed by atoms with Crippen LogP contribution < -0.4 is 4.90 Å². The summed E-state index contributed by atoms with van der Waals surface area (Å²) >= 11 is 0. The topological polar surface area (TPSA) is 94.5 Å². The number of methoxy groups -OCH3 is 1. The first-order valence-electron chi connectivity index (χ1n) is 11.9. The zero-order chi connectivity index (χ0) is 27.7. The fraction of sp³-hybridized carbons (Fsp3) is 0.370. The van der Waals surface area contributed by atoms with E-state index in [1.807, 2.05) is 0 Å². The zero-order valence-electron chi connectivity index (χ0n) is 21.4. The summed E-state index contributed by atoms with van der Waals surface area (Å²) in [7, 11) is 1.21. The lowest BCUT2D eigenvalue weighted by Crippen LogP contribution is -2.54. The molecule has 4 rings (SSSR count). The van der Waals surface area contributed by atoms with Crippen molar-refractivity contribution in [3.8, 4) is 11.3 Å². The van der Waals surface area contributed by atoms with Gasteiger partial charge in [0.1, 0.15) is 23.4 Å². The van der Waals surface area contributed by atoms with Crippen molar-refractivity contribution in [2.75, 3.05) is 18.6 Å². The first kappa shape index (κ1) is 27.0. The van der Waals surface area contributed by atoms with Gasteiger partial charge >= 0.3 is 12.1 Å². The Hall–Kier alpha value is -4.02. The van der Waals surface area contributed by atoms with Gasteiger partial charge in [0.25, 0.3) is 0 Å². The van der Waals surface area contributed by atoms with Crippen LogP contribution >= 0.6 is 0 Å². The molecule has 1 aliphatic rings. The van der Waals surface area contributed by atoms with Crippen molar-refractivity contribution in [1.29, 1.82) is 0 Å². The lowest BCUT2D eigenvalue weighted by molar-refractivity contribution is 0.0506. The third-order valence-corrected chi connectivity index (χ3v) is 6.15. The summed E-state index contributed by atoms with van der Waals surface area (Å²) in [4.78, 5) is 30.4. The summed E-state index contributed by atoms with van der Waals surface area (Å²) in [6.07, 6.45) is -0.657. The Morgan fingerprint density at radius 3 is 2.39 bits per heavy atom. The normalized spacial score (nSPS) is 18.9. The van der Waals surface area contributed by atoms with Crippen molar-refractivity contribution in [2.45, 2.75) is 50.8 Å². The van der Waals surface area contributed by atoms with Crippen LogP contribution in [0.15, 0.2) is 48.7 Å². The second kappa shape index (κ2) is 10.4. The molecule has 0 aliphatic heterocycles. The predicted octanol–water partition coefficient (Wildman–Crippen LogP) is 5.41. The molecule has 0 N–H and O–H groups in total. The number of aromatic nitrogens is 3. The van der Waals surface area contributed by atoms with Crippen molar-refractivity contribution < 1.29 is 32.2 Å². The molecule has 8 nitrogen and oxygen atoms in total. The molecule has 0 bridgehead atoms. The molecule has 3 aromatic rings. The smallest absolute Gasteiger partial charge is 0.416 e. The van der Waals surface area contributed by atoms with E-state index in [1.54, 1.807) is 20.8 Å². The van der Waals surface area contributed by atoms with E-state index in [9.17, 15) is 22.8 Å². The minimum absolute atomic E-state index is 0.00191. The van der Waals surface area contributed by atoms with Gasteiger partial charge < -0.3 is 9.47 Å². The molecule has 0 saturated heterocycles. The molecular weight excluding hydrogens is 501 g/mol. The number of benzene rings is 1. The number of hydrogen-bond acceptors (Lipinski definition) is 7. The minimum Gasteiger partial charge on any atom is -0.465 e. The molecule has 0 spiro atoms. The van der Waals surface area contributed by atoms with Gasteiger partial charge in [-0.25, -0.2) is 22.8 Å². The molecule has 0 atom stereocenters. The number of esters is 1. The molecule has 1 saturated carbocycles. The third-order valence-electron chi connectivity index (χ3n) is 6.15. The van der Waals surface area contributed by atoms with Gasteiger partial charge in [0.05, 0.1) is 24.1 Å². The molecule has 0 unspecified atom stereocenters. The fourth-order valence-corrected chi connectivity index (χ4v) is 4.40. The van der Waals surface area contributed by atoms with Crippen LogP contribution in [0.1, 0.15) is 49.7 Å². The minimum atomic E-state index is -1.18. The summed E-state index contributed by atoms with van der Waals surface area (Å²) in [5.74, 6) is -1.86. The van der Waals surface area contributed by atoms with Crippen molar-refractivity contribution in [2.24, 2.45) is 0 Å². The lowest BCUT2D eigenvalue weighted by atomic mass is 9.64. The Morgan fingerprint density at radius 1 is 1.08 bits per heavy atom. The van der Waals surface area contributed by atoms with E-state index in [2.05, 4.69) is 19.9 Å². The number of anilines is 1. The van der Waals surface area contributed by atoms with Gasteiger partial charge in [-0.3, -0.25) is 9.88 Å².